The molecule has 0 bridgehead atoms. The van der Waals surface area contributed by atoms with Crippen molar-refractivity contribution in [1.29, 1.82) is 0 Å². The van der Waals surface area contributed by atoms with Crippen LogP contribution in [0.2, 0.25) is 5.02 Å². The summed E-state index contributed by atoms with van der Waals surface area (Å²) in [6.45, 7) is 2.49. The van der Waals surface area contributed by atoms with Crippen LogP contribution in [0, 0.1) is 0 Å². The predicted octanol–water partition coefficient (Wildman–Crippen LogP) is 3.98. The van der Waals surface area contributed by atoms with E-state index in [1.54, 1.807) is 19.2 Å². The number of amides is 1. The van der Waals surface area contributed by atoms with E-state index in [4.69, 9.17) is 16.3 Å². The molecule has 2 aromatic carbocycles. The van der Waals surface area contributed by atoms with Crippen LogP contribution in [0.15, 0.2) is 48.5 Å². The van der Waals surface area contributed by atoms with Gasteiger partial charge in [0.1, 0.15) is 0 Å². The normalized spacial score (nSPS) is 12.0. The lowest BCUT2D eigenvalue weighted by Gasteiger charge is -2.14. The highest BCUT2D eigenvalue weighted by atomic mass is 35.5. The second kappa shape index (κ2) is 7.25. The Morgan fingerprint density at radius 2 is 1.76 bits per heavy atom. The van der Waals surface area contributed by atoms with Crippen molar-refractivity contribution in [3.05, 3.63) is 70.2 Å². The van der Waals surface area contributed by atoms with Gasteiger partial charge in [-0.05, 0) is 42.3 Å². The molecule has 0 aliphatic rings. The van der Waals surface area contributed by atoms with E-state index in [9.17, 15) is 4.79 Å². The van der Waals surface area contributed by atoms with Gasteiger partial charge in [0, 0.05) is 17.7 Å². The Balaban J connectivity index is 2.01. The molecule has 0 fully saturated rings. The van der Waals surface area contributed by atoms with Gasteiger partial charge in [-0.25, -0.2) is 0 Å². The minimum atomic E-state index is -0.0959. The summed E-state index contributed by atoms with van der Waals surface area (Å²) in [7, 11) is 1.65. The lowest BCUT2D eigenvalue weighted by atomic mass is 10.1. The number of rotatable bonds is 5. The first kappa shape index (κ1) is 15.5. The molecule has 1 atom stereocenters. The number of hydrogen-bond acceptors (Lipinski definition) is 2. The van der Waals surface area contributed by atoms with Crippen molar-refractivity contribution < 1.29 is 9.53 Å². The number of carbonyl (C=O) groups excluding carboxylic acids is 1. The monoisotopic (exact) mass is 303 g/mol. The van der Waals surface area contributed by atoms with Gasteiger partial charge in [0.2, 0.25) is 0 Å². The van der Waals surface area contributed by atoms with Crippen LogP contribution in [-0.2, 0) is 11.3 Å². The van der Waals surface area contributed by atoms with Crippen LogP contribution in [0.1, 0.15) is 34.5 Å². The standard InChI is InChI=1S/C17H18ClNO2/c1-12(14-7-9-16(18)10-8-14)19-17(20)15-5-3-13(4-6-15)11-21-2/h3-10,12H,11H2,1-2H3,(H,19,20)/t12-/m0/s1. The van der Waals surface area contributed by atoms with Crippen LogP contribution in [-0.4, -0.2) is 13.0 Å². The van der Waals surface area contributed by atoms with Gasteiger partial charge in [0.05, 0.1) is 12.6 Å². The summed E-state index contributed by atoms with van der Waals surface area (Å²) in [6.07, 6.45) is 0. The lowest BCUT2D eigenvalue weighted by Crippen LogP contribution is -2.26. The molecule has 0 spiro atoms. The Morgan fingerprint density at radius 1 is 1.14 bits per heavy atom. The number of methoxy groups -OCH3 is 1. The van der Waals surface area contributed by atoms with Crippen LogP contribution in [0.25, 0.3) is 0 Å². The highest BCUT2D eigenvalue weighted by Crippen LogP contribution is 2.16. The van der Waals surface area contributed by atoms with Gasteiger partial charge >= 0.3 is 0 Å². The van der Waals surface area contributed by atoms with E-state index in [0.29, 0.717) is 17.2 Å². The molecule has 4 heteroatoms. The molecular formula is C17H18ClNO2. The molecule has 1 N–H and O–H groups in total. The van der Waals surface area contributed by atoms with Crippen molar-refractivity contribution in [2.75, 3.05) is 7.11 Å². The Labute approximate surface area is 129 Å². The summed E-state index contributed by atoms with van der Waals surface area (Å²) in [6, 6.07) is 14.8. The molecule has 0 aliphatic carbocycles. The average molecular weight is 304 g/mol. The van der Waals surface area contributed by atoms with Gasteiger partial charge in [-0.3, -0.25) is 4.79 Å². The molecule has 110 valence electrons. The Morgan fingerprint density at radius 3 is 2.33 bits per heavy atom. The predicted molar refractivity (Wildman–Crippen MR) is 84.5 cm³/mol. The molecule has 1 amide bonds. The third-order valence-electron chi connectivity index (χ3n) is 3.24. The molecular weight excluding hydrogens is 286 g/mol. The molecule has 0 heterocycles. The van der Waals surface area contributed by atoms with E-state index >= 15 is 0 Å². The molecule has 0 saturated heterocycles. The minimum Gasteiger partial charge on any atom is -0.380 e. The highest BCUT2D eigenvalue weighted by molar-refractivity contribution is 6.30. The van der Waals surface area contributed by atoms with E-state index in [1.807, 2.05) is 43.3 Å². The molecule has 3 nitrogen and oxygen atoms in total. The van der Waals surface area contributed by atoms with E-state index in [1.165, 1.54) is 0 Å². The van der Waals surface area contributed by atoms with E-state index < -0.39 is 0 Å². The summed E-state index contributed by atoms with van der Waals surface area (Å²) >= 11 is 5.86. The fraction of sp³-hybridized carbons (Fsp3) is 0.235. The van der Waals surface area contributed by atoms with Crippen molar-refractivity contribution in [3.8, 4) is 0 Å². The first-order valence-electron chi connectivity index (χ1n) is 6.74. The van der Waals surface area contributed by atoms with Gasteiger partial charge in [-0.2, -0.15) is 0 Å². The lowest BCUT2D eigenvalue weighted by molar-refractivity contribution is 0.0940. The van der Waals surface area contributed by atoms with Gasteiger partial charge in [-0.1, -0.05) is 35.9 Å². The minimum absolute atomic E-state index is 0.0755. The maximum absolute atomic E-state index is 12.2. The van der Waals surface area contributed by atoms with Gasteiger partial charge in [-0.15, -0.1) is 0 Å². The molecule has 21 heavy (non-hydrogen) atoms. The first-order valence-corrected chi connectivity index (χ1v) is 7.12. The topological polar surface area (TPSA) is 38.3 Å². The molecule has 0 unspecified atom stereocenters. The maximum atomic E-state index is 12.2. The SMILES string of the molecule is COCc1ccc(C(=O)N[C@@H](C)c2ccc(Cl)cc2)cc1. The summed E-state index contributed by atoms with van der Waals surface area (Å²) in [4.78, 5) is 12.2. The number of benzene rings is 2. The second-order valence-electron chi connectivity index (χ2n) is 4.88. The Bertz CT molecular complexity index is 593. The first-order chi connectivity index (χ1) is 10.1. The van der Waals surface area contributed by atoms with Crippen molar-refractivity contribution in [1.82, 2.24) is 5.32 Å². The molecule has 0 saturated carbocycles. The molecule has 2 aromatic rings. The largest absolute Gasteiger partial charge is 0.380 e. The van der Waals surface area contributed by atoms with Gasteiger partial charge in [0.15, 0.2) is 0 Å². The molecule has 0 aromatic heterocycles. The zero-order valence-corrected chi connectivity index (χ0v) is 12.9. The quantitative estimate of drug-likeness (QED) is 0.907. The summed E-state index contributed by atoms with van der Waals surface area (Å²) < 4.78 is 5.05. The van der Waals surface area contributed by atoms with Gasteiger partial charge in [0.25, 0.3) is 5.91 Å². The van der Waals surface area contributed by atoms with Crippen LogP contribution < -0.4 is 5.32 Å². The molecule has 0 radical (unpaired) electrons. The van der Waals surface area contributed by atoms with E-state index in [-0.39, 0.29) is 11.9 Å². The third kappa shape index (κ3) is 4.31. The average Bonchev–Trinajstić information content (AvgIpc) is 2.49. The van der Waals surface area contributed by atoms with E-state index in [0.717, 1.165) is 11.1 Å². The Hall–Kier alpha value is -1.84. The maximum Gasteiger partial charge on any atom is 0.251 e. The molecule has 2 rings (SSSR count). The van der Waals surface area contributed by atoms with Crippen molar-refractivity contribution in [2.24, 2.45) is 0 Å². The van der Waals surface area contributed by atoms with Crippen LogP contribution in [0.4, 0.5) is 0 Å². The zero-order valence-electron chi connectivity index (χ0n) is 12.1. The van der Waals surface area contributed by atoms with Crippen molar-refractivity contribution >= 4 is 17.5 Å². The molecule has 0 aliphatic heterocycles. The van der Waals surface area contributed by atoms with E-state index in [2.05, 4.69) is 5.32 Å². The Kier molecular flexibility index (Phi) is 5.37. The number of halogens is 1. The summed E-state index contributed by atoms with van der Waals surface area (Å²) in [5, 5.41) is 3.66. The highest BCUT2D eigenvalue weighted by Gasteiger charge is 2.11. The fourth-order valence-corrected chi connectivity index (χ4v) is 2.16. The van der Waals surface area contributed by atoms with Gasteiger partial charge < -0.3 is 10.1 Å². The third-order valence-corrected chi connectivity index (χ3v) is 3.50. The van der Waals surface area contributed by atoms with Crippen LogP contribution in [0.5, 0.6) is 0 Å². The number of ether oxygens (including phenoxy) is 1. The van der Waals surface area contributed by atoms with Crippen molar-refractivity contribution in [3.63, 3.8) is 0 Å². The van der Waals surface area contributed by atoms with Crippen LogP contribution >= 0.6 is 11.6 Å². The summed E-state index contributed by atoms with van der Waals surface area (Å²) in [5.41, 5.74) is 2.69. The van der Waals surface area contributed by atoms with Crippen molar-refractivity contribution in [2.45, 2.75) is 19.6 Å². The smallest absolute Gasteiger partial charge is 0.251 e. The fourth-order valence-electron chi connectivity index (χ4n) is 2.03. The number of carbonyl (C=O) groups is 1. The zero-order chi connectivity index (χ0) is 15.2. The summed E-state index contributed by atoms with van der Waals surface area (Å²) in [5.74, 6) is -0.0959. The number of hydrogen-bond donors (Lipinski definition) is 1. The number of nitrogens with one attached hydrogen (secondary N) is 1. The van der Waals surface area contributed by atoms with Crippen LogP contribution in [0.3, 0.4) is 0 Å². The second-order valence-corrected chi connectivity index (χ2v) is 5.31.